The van der Waals surface area contributed by atoms with Crippen molar-refractivity contribution in [2.45, 2.75) is 40.2 Å². The highest BCUT2D eigenvalue weighted by Gasteiger charge is 2.49. The van der Waals surface area contributed by atoms with E-state index in [9.17, 15) is 0 Å². The Labute approximate surface area is 82.3 Å². The summed E-state index contributed by atoms with van der Waals surface area (Å²) in [5.41, 5.74) is 0. The number of piperidine rings is 1. The van der Waals surface area contributed by atoms with Gasteiger partial charge in [-0.25, -0.2) is 0 Å². The molecule has 4 atom stereocenters. The molecular weight excluding hydrogens is 158 g/mol. The standard InChI is InChI=1S/C12H23N/c1-7(2)11-9-5-10(13-6-9)12(11)8(3)4/h7-13H,5-6H2,1-4H3/t9?,10?,11-,12+/m1/s1. The van der Waals surface area contributed by atoms with Crippen molar-refractivity contribution in [3.05, 3.63) is 0 Å². The van der Waals surface area contributed by atoms with Crippen LogP contribution in [0.3, 0.4) is 0 Å². The second kappa shape index (κ2) is 3.27. The van der Waals surface area contributed by atoms with Crippen molar-refractivity contribution in [1.29, 1.82) is 0 Å². The maximum absolute atomic E-state index is 3.67. The van der Waals surface area contributed by atoms with Gasteiger partial charge in [0.25, 0.3) is 0 Å². The minimum atomic E-state index is 0.845. The fraction of sp³-hybridized carbons (Fsp3) is 1.00. The number of fused-ring (bicyclic) bond motifs is 2. The van der Waals surface area contributed by atoms with E-state index >= 15 is 0 Å². The van der Waals surface area contributed by atoms with Gasteiger partial charge in [-0.3, -0.25) is 0 Å². The first-order chi connectivity index (χ1) is 6.11. The smallest absolute Gasteiger partial charge is 0.0104 e. The van der Waals surface area contributed by atoms with Crippen LogP contribution in [0.5, 0.6) is 0 Å². The molecule has 2 bridgehead atoms. The van der Waals surface area contributed by atoms with Crippen LogP contribution in [-0.4, -0.2) is 12.6 Å². The lowest BCUT2D eigenvalue weighted by Crippen LogP contribution is -2.42. The second-order valence-corrected chi connectivity index (χ2v) is 5.65. The predicted molar refractivity (Wildman–Crippen MR) is 56.6 cm³/mol. The van der Waals surface area contributed by atoms with Crippen LogP contribution in [0.2, 0.25) is 0 Å². The van der Waals surface area contributed by atoms with E-state index in [1.165, 1.54) is 13.0 Å². The molecular formula is C12H23N. The molecule has 13 heavy (non-hydrogen) atoms. The summed E-state index contributed by atoms with van der Waals surface area (Å²) in [5, 5.41) is 3.67. The van der Waals surface area contributed by atoms with E-state index in [-0.39, 0.29) is 0 Å². The fourth-order valence-electron chi connectivity index (χ4n) is 3.86. The van der Waals surface area contributed by atoms with E-state index in [0.29, 0.717) is 0 Å². The lowest BCUT2D eigenvalue weighted by Gasteiger charge is -2.37. The molecule has 0 aromatic heterocycles. The van der Waals surface area contributed by atoms with Crippen molar-refractivity contribution in [3.8, 4) is 0 Å². The van der Waals surface area contributed by atoms with Crippen molar-refractivity contribution in [2.24, 2.45) is 29.6 Å². The first-order valence-electron chi connectivity index (χ1n) is 5.84. The summed E-state index contributed by atoms with van der Waals surface area (Å²) in [5.74, 6) is 4.65. The SMILES string of the molecule is CC(C)[C@@H]1C2CNC(C2)[C@@H]1C(C)C. The molecule has 1 heterocycles. The van der Waals surface area contributed by atoms with Crippen molar-refractivity contribution in [3.63, 3.8) is 0 Å². The third kappa shape index (κ3) is 1.41. The number of rotatable bonds is 2. The summed E-state index contributed by atoms with van der Waals surface area (Å²) in [6.07, 6.45) is 1.45. The molecule has 0 amide bonds. The molecule has 2 unspecified atom stereocenters. The average molecular weight is 181 g/mol. The van der Waals surface area contributed by atoms with Gasteiger partial charge in [0.1, 0.15) is 0 Å². The highest BCUT2D eigenvalue weighted by atomic mass is 15.0. The Bertz CT molecular complexity index is 166. The zero-order valence-corrected chi connectivity index (χ0v) is 9.38. The van der Waals surface area contributed by atoms with Crippen molar-refractivity contribution >= 4 is 0 Å². The Morgan fingerprint density at radius 1 is 1.00 bits per heavy atom. The highest BCUT2D eigenvalue weighted by Crippen LogP contribution is 2.48. The van der Waals surface area contributed by atoms with E-state index in [1.54, 1.807) is 0 Å². The topological polar surface area (TPSA) is 12.0 Å². The summed E-state index contributed by atoms with van der Waals surface area (Å²) in [7, 11) is 0. The number of nitrogens with one attached hydrogen (secondary N) is 1. The molecule has 1 aliphatic heterocycles. The molecule has 0 spiro atoms. The van der Waals surface area contributed by atoms with E-state index in [4.69, 9.17) is 0 Å². The minimum absolute atomic E-state index is 0.845. The molecule has 1 aliphatic carbocycles. The fourth-order valence-corrected chi connectivity index (χ4v) is 3.86. The van der Waals surface area contributed by atoms with Gasteiger partial charge >= 0.3 is 0 Å². The van der Waals surface area contributed by atoms with E-state index in [0.717, 1.165) is 35.6 Å². The minimum Gasteiger partial charge on any atom is -0.313 e. The van der Waals surface area contributed by atoms with E-state index in [2.05, 4.69) is 33.0 Å². The quantitative estimate of drug-likeness (QED) is 0.690. The Hall–Kier alpha value is -0.0400. The summed E-state index contributed by atoms with van der Waals surface area (Å²) < 4.78 is 0. The molecule has 0 aromatic carbocycles. The van der Waals surface area contributed by atoms with Crippen molar-refractivity contribution < 1.29 is 0 Å². The van der Waals surface area contributed by atoms with Gasteiger partial charge < -0.3 is 5.32 Å². The maximum Gasteiger partial charge on any atom is 0.0104 e. The lowest BCUT2D eigenvalue weighted by molar-refractivity contribution is 0.142. The summed E-state index contributed by atoms with van der Waals surface area (Å²) in [6, 6.07) is 0.845. The Kier molecular flexibility index (Phi) is 2.39. The van der Waals surface area contributed by atoms with Crippen LogP contribution in [0.25, 0.3) is 0 Å². The largest absolute Gasteiger partial charge is 0.313 e. The van der Waals surface area contributed by atoms with E-state index < -0.39 is 0 Å². The van der Waals surface area contributed by atoms with Crippen LogP contribution in [0.1, 0.15) is 34.1 Å². The van der Waals surface area contributed by atoms with Crippen LogP contribution < -0.4 is 5.32 Å². The number of hydrogen-bond donors (Lipinski definition) is 1. The Balaban J connectivity index is 2.15. The van der Waals surface area contributed by atoms with E-state index in [1.807, 2.05) is 0 Å². The number of hydrogen-bond acceptors (Lipinski definition) is 1. The van der Waals surface area contributed by atoms with Crippen LogP contribution >= 0.6 is 0 Å². The molecule has 1 saturated heterocycles. The average Bonchev–Trinajstić information content (AvgIpc) is 2.60. The third-order valence-corrected chi connectivity index (χ3v) is 4.19. The van der Waals surface area contributed by atoms with Crippen LogP contribution in [0.4, 0.5) is 0 Å². The van der Waals surface area contributed by atoms with Gasteiger partial charge in [0.2, 0.25) is 0 Å². The first kappa shape index (κ1) is 9.51. The Morgan fingerprint density at radius 3 is 2.08 bits per heavy atom. The highest BCUT2D eigenvalue weighted by molar-refractivity contribution is 5.02. The van der Waals surface area contributed by atoms with Crippen LogP contribution in [0.15, 0.2) is 0 Å². The van der Waals surface area contributed by atoms with Gasteiger partial charge in [0.15, 0.2) is 0 Å². The molecule has 1 heteroatoms. The second-order valence-electron chi connectivity index (χ2n) is 5.65. The molecule has 1 saturated carbocycles. The molecule has 1 nitrogen and oxygen atoms in total. The summed E-state index contributed by atoms with van der Waals surface area (Å²) >= 11 is 0. The van der Waals surface area contributed by atoms with Gasteiger partial charge in [-0.05, 0) is 42.6 Å². The van der Waals surface area contributed by atoms with Gasteiger partial charge in [0.05, 0.1) is 0 Å². The summed E-state index contributed by atoms with van der Waals surface area (Å²) in [6.45, 7) is 10.9. The zero-order valence-electron chi connectivity index (χ0n) is 9.38. The third-order valence-electron chi connectivity index (χ3n) is 4.19. The van der Waals surface area contributed by atoms with Crippen LogP contribution in [-0.2, 0) is 0 Å². The van der Waals surface area contributed by atoms with Gasteiger partial charge in [-0.1, -0.05) is 27.7 Å². The Morgan fingerprint density at radius 2 is 1.62 bits per heavy atom. The van der Waals surface area contributed by atoms with Crippen molar-refractivity contribution in [1.82, 2.24) is 5.32 Å². The zero-order chi connectivity index (χ0) is 9.59. The van der Waals surface area contributed by atoms with Gasteiger partial charge in [-0.2, -0.15) is 0 Å². The summed E-state index contributed by atoms with van der Waals surface area (Å²) in [4.78, 5) is 0. The molecule has 2 aliphatic rings. The van der Waals surface area contributed by atoms with Gasteiger partial charge in [0, 0.05) is 6.04 Å². The molecule has 2 fully saturated rings. The molecule has 0 aromatic rings. The normalized spacial score (nSPS) is 43.8. The molecule has 76 valence electrons. The van der Waals surface area contributed by atoms with Gasteiger partial charge in [-0.15, -0.1) is 0 Å². The molecule has 2 rings (SSSR count). The lowest BCUT2D eigenvalue weighted by atomic mass is 9.73. The maximum atomic E-state index is 3.67. The molecule has 1 N–H and O–H groups in total. The first-order valence-corrected chi connectivity index (χ1v) is 5.84. The predicted octanol–water partition coefficient (Wildman–Crippen LogP) is 2.52. The van der Waals surface area contributed by atoms with Crippen molar-refractivity contribution in [2.75, 3.05) is 6.54 Å². The van der Waals surface area contributed by atoms with Crippen LogP contribution in [0, 0.1) is 29.6 Å². The monoisotopic (exact) mass is 181 g/mol. The molecule has 0 radical (unpaired) electrons.